The zero-order chi connectivity index (χ0) is 25.1. The van der Waals surface area contributed by atoms with Crippen LogP contribution in [-0.4, -0.2) is 29.1 Å². The largest absolute Gasteiger partial charge is 0.493 e. The van der Waals surface area contributed by atoms with Crippen LogP contribution in [0.4, 0.5) is 4.79 Å². The van der Waals surface area contributed by atoms with Gasteiger partial charge in [0.05, 0.1) is 24.1 Å². The Hall–Kier alpha value is -2.78. The summed E-state index contributed by atoms with van der Waals surface area (Å²) in [7, 11) is 1.44. The molecule has 1 heterocycles. The molecule has 0 radical (unpaired) electrons. The molecule has 0 N–H and O–H groups in total. The van der Waals surface area contributed by atoms with Crippen molar-refractivity contribution in [3.05, 3.63) is 96.8 Å². The Bertz CT molecular complexity index is 1360. The monoisotopic (exact) mass is 591 g/mol. The molecule has 3 aromatic carbocycles. The predicted molar refractivity (Wildman–Crippen MR) is 140 cm³/mol. The molecule has 0 bridgehead atoms. The molecule has 4 rings (SSSR count). The first kappa shape index (κ1) is 25.3. The van der Waals surface area contributed by atoms with E-state index in [2.05, 4.69) is 15.9 Å². The fourth-order valence-corrected chi connectivity index (χ4v) is 5.02. The molecular formula is C25H16BrCl2NO5S. The van der Waals surface area contributed by atoms with Crippen molar-refractivity contribution in [3.63, 3.8) is 0 Å². The number of nitrogens with zero attached hydrogens (tertiary/aromatic N) is 1. The van der Waals surface area contributed by atoms with Crippen molar-refractivity contribution in [2.45, 2.75) is 6.54 Å². The minimum Gasteiger partial charge on any atom is -0.493 e. The van der Waals surface area contributed by atoms with E-state index in [1.165, 1.54) is 7.11 Å². The summed E-state index contributed by atoms with van der Waals surface area (Å²) < 4.78 is 11.6. The van der Waals surface area contributed by atoms with Gasteiger partial charge in [-0.2, -0.15) is 0 Å². The lowest BCUT2D eigenvalue weighted by atomic mass is 10.1. The van der Waals surface area contributed by atoms with E-state index >= 15 is 0 Å². The lowest BCUT2D eigenvalue weighted by Crippen LogP contribution is -2.27. The summed E-state index contributed by atoms with van der Waals surface area (Å²) in [5.41, 5.74) is 1.46. The molecule has 35 heavy (non-hydrogen) atoms. The maximum absolute atomic E-state index is 12.9. The molecule has 0 unspecified atom stereocenters. The van der Waals surface area contributed by atoms with E-state index in [1.807, 2.05) is 0 Å². The number of hydrogen-bond acceptors (Lipinski definition) is 6. The first-order valence-electron chi connectivity index (χ1n) is 10.1. The van der Waals surface area contributed by atoms with Crippen LogP contribution in [0.1, 0.15) is 21.5 Å². The maximum Gasteiger partial charge on any atom is 0.343 e. The normalized spacial score (nSPS) is 14.5. The van der Waals surface area contributed by atoms with Crippen LogP contribution < -0.4 is 9.47 Å². The Morgan fingerprint density at radius 2 is 1.74 bits per heavy atom. The number of hydrogen-bond donors (Lipinski definition) is 0. The van der Waals surface area contributed by atoms with Crippen LogP contribution in [0.5, 0.6) is 11.5 Å². The second-order valence-corrected chi connectivity index (χ2v) is 10.0. The van der Waals surface area contributed by atoms with Gasteiger partial charge in [-0.25, -0.2) is 4.79 Å². The average molecular weight is 593 g/mol. The molecule has 0 spiro atoms. The first-order valence-corrected chi connectivity index (χ1v) is 12.5. The van der Waals surface area contributed by atoms with Crippen molar-refractivity contribution in [1.29, 1.82) is 0 Å². The number of ether oxygens (including phenoxy) is 2. The van der Waals surface area contributed by atoms with Gasteiger partial charge in [-0.3, -0.25) is 14.5 Å². The summed E-state index contributed by atoms with van der Waals surface area (Å²) in [4.78, 5) is 39.3. The molecule has 1 aliphatic heterocycles. The zero-order valence-corrected chi connectivity index (χ0v) is 22.0. The number of esters is 1. The topological polar surface area (TPSA) is 72.9 Å². The Labute approximate surface area is 223 Å². The number of methoxy groups -OCH3 is 1. The van der Waals surface area contributed by atoms with Crippen LogP contribution in [0.3, 0.4) is 0 Å². The van der Waals surface area contributed by atoms with E-state index in [-0.39, 0.29) is 17.2 Å². The standard InChI is InChI=1S/C25H16BrCl2NO5S/c1-33-21-10-14(8-9-20(21)34-24(31)15-4-2-5-16(26)12-15)11-22-23(30)29(25(32)35-22)13-17-18(27)6-3-7-19(17)28/h2-12H,13H2,1H3/b22-11-. The SMILES string of the molecule is COc1cc(/C=C2\SC(=O)N(Cc3c(Cl)cccc3Cl)C2=O)ccc1OC(=O)c1cccc(Br)c1. The third kappa shape index (κ3) is 5.73. The van der Waals surface area contributed by atoms with E-state index in [0.29, 0.717) is 32.5 Å². The number of thioether (sulfide) groups is 1. The van der Waals surface area contributed by atoms with Crippen molar-refractivity contribution < 1.29 is 23.9 Å². The van der Waals surface area contributed by atoms with Gasteiger partial charge < -0.3 is 9.47 Å². The summed E-state index contributed by atoms with van der Waals surface area (Å²) in [6.45, 7) is -0.0334. The fraction of sp³-hybridized carbons (Fsp3) is 0.0800. The first-order chi connectivity index (χ1) is 16.8. The van der Waals surface area contributed by atoms with Gasteiger partial charge in [0.15, 0.2) is 11.5 Å². The number of imide groups is 1. The van der Waals surface area contributed by atoms with Crippen molar-refractivity contribution in [3.8, 4) is 11.5 Å². The van der Waals surface area contributed by atoms with Crippen molar-refractivity contribution >= 4 is 74.1 Å². The fourth-order valence-electron chi connectivity index (χ4n) is 3.26. The van der Waals surface area contributed by atoms with Crippen molar-refractivity contribution in [2.75, 3.05) is 7.11 Å². The second-order valence-electron chi connectivity index (χ2n) is 7.28. The van der Waals surface area contributed by atoms with E-state index in [1.54, 1.807) is 66.7 Å². The van der Waals surface area contributed by atoms with Gasteiger partial charge in [-0.05, 0) is 65.9 Å². The predicted octanol–water partition coefficient (Wildman–Crippen LogP) is 7.22. The molecule has 0 aromatic heterocycles. The van der Waals surface area contributed by atoms with Gasteiger partial charge in [-0.1, -0.05) is 57.3 Å². The highest BCUT2D eigenvalue weighted by molar-refractivity contribution is 9.10. The van der Waals surface area contributed by atoms with Gasteiger partial charge in [0.1, 0.15) is 0 Å². The van der Waals surface area contributed by atoms with Crippen LogP contribution in [0, 0.1) is 0 Å². The summed E-state index contributed by atoms with van der Waals surface area (Å²) >= 11 is 16.5. The van der Waals surface area contributed by atoms with E-state index in [0.717, 1.165) is 21.1 Å². The smallest absolute Gasteiger partial charge is 0.343 e. The van der Waals surface area contributed by atoms with E-state index < -0.39 is 17.1 Å². The van der Waals surface area contributed by atoms with Gasteiger partial charge in [0, 0.05) is 20.1 Å². The number of rotatable bonds is 6. The van der Waals surface area contributed by atoms with Crippen LogP contribution in [0.2, 0.25) is 10.0 Å². The third-order valence-corrected chi connectivity index (χ3v) is 7.11. The van der Waals surface area contributed by atoms with Crippen LogP contribution >= 0.6 is 50.9 Å². The number of carbonyl (C=O) groups is 3. The van der Waals surface area contributed by atoms with Gasteiger partial charge >= 0.3 is 5.97 Å². The third-order valence-electron chi connectivity index (χ3n) is 5.00. The lowest BCUT2D eigenvalue weighted by molar-refractivity contribution is -0.123. The molecule has 2 amide bonds. The lowest BCUT2D eigenvalue weighted by Gasteiger charge is -2.14. The van der Waals surface area contributed by atoms with Crippen molar-refractivity contribution in [2.24, 2.45) is 0 Å². The molecular weight excluding hydrogens is 577 g/mol. The van der Waals surface area contributed by atoms with Crippen molar-refractivity contribution in [1.82, 2.24) is 4.90 Å². The average Bonchev–Trinajstić information content (AvgIpc) is 3.09. The summed E-state index contributed by atoms with van der Waals surface area (Å²) in [5, 5.41) is 0.320. The number of halogens is 3. The van der Waals surface area contributed by atoms with E-state index in [4.69, 9.17) is 32.7 Å². The molecule has 0 saturated carbocycles. The molecule has 1 aliphatic rings. The molecule has 6 nitrogen and oxygen atoms in total. The Morgan fingerprint density at radius 3 is 2.43 bits per heavy atom. The van der Waals surface area contributed by atoms with E-state index in [9.17, 15) is 14.4 Å². The number of benzene rings is 3. The van der Waals surface area contributed by atoms with Gasteiger partial charge in [0.25, 0.3) is 11.1 Å². The second kappa shape index (κ2) is 10.9. The van der Waals surface area contributed by atoms with Crippen LogP contribution in [0.25, 0.3) is 6.08 Å². The number of amides is 2. The highest BCUT2D eigenvalue weighted by Crippen LogP contribution is 2.37. The minimum absolute atomic E-state index is 0.0334. The Morgan fingerprint density at radius 1 is 1.03 bits per heavy atom. The molecule has 0 aliphatic carbocycles. The highest BCUT2D eigenvalue weighted by Gasteiger charge is 2.35. The molecule has 0 atom stereocenters. The molecule has 1 fully saturated rings. The summed E-state index contributed by atoms with van der Waals surface area (Å²) in [5.74, 6) is -0.489. The summed E-state index contributed by atoms with van der Waals surface area (Å²) in [6.07, 6.45) is 1.57. The Kier molecular flexibility index (Phi) is 7.86. The molecule has 178 valence electrons. The van der Waals surface area contributed by atoms with Gasteiger partial charge in [-0.15, -0.1) is 0 Å². The summed E-state index contributed by atoms with van der Waals surface area (Å²) in [6, 6.07) is 16.6. The maximum atomic E-state index is 12.9. The van der Waals surface area contributed by atoms with Crippen LogP contribution in [-0.2, 0) is 11.3 Å². The molecule has 3 aromatic rings. The van der Waals surface area contributed by atoms with Gasteiger partial charge in [0.2, 0.25) is 0 Å². The Balaban J connectivity index is 1.54. The molecule has 10 heteroatoms. The number of carbonyl (C=O) groups excluding carboxylic acids is 3. The van der Waals surface area contributed by atoms with Crippen LogP contribution in [0.15, 0.2) is 70.0 Å². The minimum atomic E-state index is -0.545. The molecule has 1 saturated heterocycles. The quantitative estimate of drug-likeness (QED) is 0.171. The zero-order valence-electron chi connectivity index (χ0n) is 18.1. The highest BCUT2D eigenvalue weighted by atomic mass is 79.9.